The highest BCUT2D eigenvalue weighted by molar-refractivity contribution is 6.01. The van der Waals surface area contributed by atoms with Gasteiger partial charge in [0.15, 0.2) is 5.78 Å². The van der Waals surface area contributed by atoms with Crippen molar-refractivity contribution in [1.82, 2.24) is 4.98 Å². The molecule has 1 fully saturated rings. The second-order valence-corrected chi connectivity index (χ2v) is 11.1. The Morgan fingerprint density at radius 2 is 1.75 bits per heavy atom. The second kappa shape index (κ2) is 21.8. The lowest BCUT2D eigenvalue weighted by molar-refractivity contribution is -0.0980. The molecule has 3 nitrogen and oxygen atoms in total. The van der Waals surface area contributed by atoms with Crippen molar-refractivity contribution in [1.29, 1.82) is 0 Å². The van der Waals surface area contributed by atoms with E-state index in [9.17, 15) is 9.18 Å². The number of hydrogen-bond acceptors (Lipinski definition) is 3. The average molecular weight is 598 g/mol. The number of benzene rings is 1. The Labute approximate surface area is 266 Å². The molecule has 4 heteroatoms. The number of ketones is 1. The van der Waals surface area contributed by atoms with Gasteiger partial charge >= 0.3 is 0 Å². The molecule has 0 spiro atoms. The normalized spacial score (nSPS) is 14.1. The number of halogens is 1. The summed E-state index contributed by atoms with van der Waals surface area (Å²) in [6.07, 6.45) is 26.1. The number of terminal acetylenes is 1. The van der Waals surface area contributed by atoms with Gasteiger partial charge in [0, 0.05) is 22.6 Å². The second-order valence-electron chi connectivity index (χ2n) is 11.1. The molecule has 0 N–H and O–H groups in total. The van der Waals surface area contributed by atoms with Crippen LogP contribution in [0.5, 0.6) is 0 Å². The predicted octanol–water partition coefficient (Wildman–Crippen LogP) is 10.8. The summed E-state index contributed by atoms with van der Waals surface area (Å²) in [5, 5.41) is 0. The van der Waals surface area contributed by atoms with Gasteiger partial charge in [-0.2, -0.15) is 0 Å². The fourth-order valence-electron chi connectivity index (χ4n) is 5.36. The summed E-state index contributed by atoms with van der Waals surface area (Å²) in [6, 6.07) is 10.2. The number of pyridine rings is 1. The van der Waals surface area contributed by atoms with Crippen molar-refractivity contribution >= 4 is 23.7 Å². The minimum atomic E-state index is -0.263. The predicted molar refractivity (Wildman–Crippen MR) is 186 cm³/mol. The Kier molecular flexibility index (Phi) is 18.9. The first-order chi connectivity index (χ1) is 21.3. The third-order valence-electron chi connectivity index (χ3n) is 7.61. The van der Waals surface area contributed by atoms with E-state index in [1.54, 1.807) is 6.07 Å². The molecule has 2 aromatic rings. The van der Waals surface area contributed by atoms with Crippen molar-refractivity contribution in [3.63, 3.8) is 0 Å². The van der Waals surface area contributed by atoms with Gasteiger partial charge < -0.3 is 4.79 Å². The fraction of sp³-hybridized carbons (Fsp3) is 0.425. The number of hydrogen-bond donors (Lipinski definition) is 0. The van der Waals surface area contributed by atoms with Gasteiger partial charge in [0.25, 0.3) is 0 Å². The number of aromatic nitrogens is 1. The van der Waals surface area contributed by atoms with Gasteiger partial charge in [0.2, 0.25) is 0 Å². The van der Waals surface area contributed by atoms with Crippen molar-refractivity contribution < 1.29 is 14.0 Å². The molecule has 2 aliphatic rings. The molecular weight excluding hydrogens is 545 g/mol. The Morgan fingerprint density at radius 1 is 1.07 bits per heavy atom. The van der Waals surface area contributed by atoms with Gasteiger partial charge in [-0.1, -0.05) is 122 Å². The molecule has 0 aliphatic heterocycles. The number of nitrogens with zero attached hydrogens (tertiary/aromatic N) is 1. The molecule has 0 atom stereocenters. The highest BCUT2D eigenvalue weighted by atomic mass is 19.1. The molecule has 0 unspecified atom stereocenters. The highest BCUT2D eigenvalue weighted by Crippen LogP contribution is 2.29. The van der Waals surface area contributed by atoms with Crippen molar-refractivity contribution in [2.75, 3.05) is 0 Å². The molecule has 1 aromatic carbocycles. The summed E-state index contributed by atoms with van der Waals surface area (Å²) in [6.45, 7) is 16.2. The van der Waals surface area contributed by atoms with Crippen LogP contribution in [0, 0.1) is 30.0 Å². The van der Waals surface area contributed by atoms with E-state index in [1.807, 2.05) is 77.0 Å². The summed E-state index contributed by atoms with van der Waals surface area (Å²) in [5.41, 5.74) is 5.06. The molecule has 2 aliphatic carbocycles. The average Bonchev–Trinajstić information content (AvgIpc) is 3.31. The largest absolute Gasteiger partial charge is 0.307 e. The molecule has 0 radical (unpaired) electrons. The summed E-state index contributed by atoms with van der Waals surface area (Å²) < 4.78 is 13.5. The van der Waals surface area contributed by atoms with Crippen molar-refractivity contribution in [2.24, 2.45) is 11.8 Å². The van der Waals surface area contributed by atoms with E-state index in [0.717, 1.165) is 34.6 Å². The molecule has 1 saturated carbocycles. The van der Waals surface area contributed by atoms with Gasteiger partial charge in [0.1, 0.15) is 12.6 Å². The zero-order chi connectivity index (χ0) is 32.9. The van der Waals surface area contributed by atoms with E-state index in [2.05, 4.69) is 19.4 Å². The maximum absolute atomic E-state index is 13.5. The SMILES string of the molecule is C#CC1=C(c2ccc(C(=O)C(C)C)c(C(=C)CCc3cccc(F)c3)n2)C=CCC=C1.C=O.CC.CCCC1CCCCC1. The quantitative estimate of drug-likeness (QED) is 0.213. The number of aryl methyl sites for hydroxylation is 1. The highest BCUT2D eigenvalue weighted by Gasteiger charge is 2.20. The van der Waals surface area contributed by atoms with Crippen LogP contribution in [0.15, 0.2) is 72.9 Å². The minimum Gasteiger partial charge on any atom is -0.307 e. The molecular formula is C40H52FNO2. The molecule has 4 rings (SSSR count). The number of allylic oxidation sites excluding steroid dienone is 7. The van der Waals surface area contributed by atoms with Gasteiger partial charge in [-0.3, -0.25) is 4.79 Å². The fourth-order valence-corrected chi connectivity index (χ4v) is 5.36. The smallest absolute Gasteiger partial charge is 0.167 e. The Balaban J connectivity index is 0.000000626. The van der Waals surface area contributed by atoms with E-state index in [-0.39, 0.29) is 17.5 Å². The van der Waals surface area contributed by atoms with E-state index in [0.29, 0.717) is 29.8 Å². The zero-order valence-electron chi connectivity index (χ0n) is 27.6. The Morgan fingerprint density at radius 3 is 2.36 bits per heavy atom. The topological polar surface area (TPSA) is 47.0 Å². The first-order valence-corrected chi connectivity index (χ1v) is 16.1. The third kappa shape index (κ3) is 12.4. The lowest BCUT2D eigenvalue weighted by atomic mass is 9.86. The summed E-state index contributed by atoms with van der Waals surface area (Å²) in [4.78, 5) is 25.7. The van der Waals surface area contributed by atoms with E-state index in [4.69, 9.17) is 16.2 Å². The lowest BCUT2D eigenvalue weighted by Gasteiger charge is -2.20. The van der Waals surface area contributed by atoms with Crippen LogP contribution in [0.3, 0.4) is 0 Å². The maximum Gasteiger partial charge on any atom is 0.167 e. The van der Waals surface area contributed by atoms with Crippen LogP contribution >= 0.6 is 0 Å². The molecule has 0 amide bonds. The zero-order valence-corrected chi connectivity index (χ0v) is 27.6. The van der Waals surface area contributed by atoms with Crippen molar-refractivity contribution in [3.8, 4) is 12.3 Å². The van der Waals surface area contributed by atoms with Gasteiger partial charge in [-0.05, 0) is 66.7 Å². The van der Waals surface area contributed by atoms with Crippen molar-refractivity contribution in [3.05, 3.63) is 101 Å². The van der Waals surface area contributed by atoms with Crippen LogP contribution in [-0.2, 0) is 11.2 Å². The van der Waals surface area contributed by atoms with E-state index in [1.165, 1.54) is 57.1 Å². The number of Topliss-reactive ketones (excluding diaryl/α,β-unsaturated/α-hetero) is 1. The molecule has 0 saturated heterocycles. The standard InChI is InChI=1S/C28H26FNO.C9H18.C2H6.CH2O/c1-5-22-11-7-6-8-13-24(22)26-17-16-25(28(31)19(2)3)27(30-26)20(4)14-15-21-10-9-12-23(29)18-21;1-2-6-9-7-4-3-5-8-9;2*1-2/h1,7-13,16-19H,4,6,14-15H2,2-3H3;9H,2-8H2,1H3;1-2H3;1H2. The van der Waals surface area contributed by atoms with Crippen LogP contribution < -0.4 is 0 Å². The number of carbonyl (C=O) groups is 2. The molecule has 1 heterocycles. The van der Waals surface area contributed by atoms with Crippen LogP contribution in [0.1, 0.15) is 120 Å². The Bertz CT molecular complexity index is 1320. The summed E-state index contributed by atoms with van der Waals surface area (Å²) in [7, 11) is 0. The number of rotatable bonds is 9. The van der Waals surface area contributed by atoms with Crippen LogP contribution in [-0.4, -0.2) is 17.6 Å². The Hall–Kier alpha value is -3.84. The molecule has 0 bridgehead atoms. The van der Waals surface area contributed by atoms with Crippen molar-refractivity contribution in [2.45, 2.75) is 98.8 Å². The third-order valence-corrected chi connectivity index (χ3v) is 7.61. The van der Waals surface area contributed by atoms with E-state index >= 15 is 0 Å². The van der Waals surface area contributed by atoms with Crippen LogP contribution in [0.25, 0.3) is 11.1 Å². The van der Waals surface area contributed by atoms with Gasteiger partial charge in [-0.15, -0.1) is 6.42 Å². The summed E-state index contributed by atoms with van der Waals surface area (Å²) >= 11 is 0. The van der Waals surface area contributed by atoms with Crippen LogP contribution in [0.2, 0.25) is 0 Å². The summed E-state index contributed by atoms with van der Waals surface area (Å²) in [5.74, 6) is 3.42. The minimum absolute atomic E-state index is 0.0170. The van der Waals surface area contributed by atoms with Gasteiger partial charge in [0.05, 0.1) is 11.4 Å². The maximum atomic E-state index is 13.5. The molecule has 236 valence electrons. The lowest BCUT2D eigenvalue weighted by Crippen LogP contribution is -2.12. The first kappa shape index (κ1) is 38.2. The van der Waals surface area contributed by atoms with E-state index < -0.39 is 0 Å². The number of carbonyl (C=O) groups excluding carboxylic acids is 2. The van der Waals surface area contributed by atoms with Crippen LogP contribution in [0.4, 0.5) is 4.39 Å². The molecule has 44 heavy (non-hydrogen) atoms. The monoisotopic (exact) mass is 597 g/mol. The first-order valence-electron chi connectivity index (χ1n) is 16.1. The van der Waals surface area contributed by atoms with Gasteiger partial charge in [-0.25, -0.2) is 9.37 Å². The molecule has 1 aromatic heterocycles.